The number of para-hydroxylation sites is 2. The summed E-state index contributed by atoms with van der Waals surface area (Å²) in [6.07, 6.45) is 4.63. The number of nitrogens with one attached hydrogen (secondary N) is 2. The number of anilines is 1. The molecule has 1 aliphatic rings. The third-order valence-corrected chi connectivity index (χ3v) is 8.33. The Morgan fingerprint density at radius 1 is 0.905 bits per heavy atom. The number of aromatic amines is 1. The van der Waals surface area contributed by atoms with Crippen molar-refractivity contribution in [2.45, 2.75) is 78.3 Å². The number of carbonyl (C=O) groups excluding carboxylic acids is 2. The van der Waals surface area contributed by atoms with E-state index in [9.17, 15) is 9.59 Å². The lowest BCUT2D eigenvalue weighted by molar-refractivity contribution is -0.132. The molecular formula is C36H44N4O2. The zero-order valence-corrected chi connectivity index (χ0v) is 25.6. The normalized spacial score (nSPS) is 13.1. The summed E-state index contributed by atoms with van der Waals surface area (Å²) in [4.78, 5) is 34.8. The Kier molecular flexibility index (Phi) is 9.00. The average molecular weight is 565 g/mol. The Labute approximate surface area is 250 Å². The summed E-state index contributed by atoms with van der Waals surface area (Å²) in [5.74, 6) is 0.507. The molecule has 2 N–H and O–H groups in total. The van der Waals surface area contributed by atoms with Gasteiger partial charge in [-0.2, -0.15) is 0 Å². The minimum absolute atomic E-state index is 0.0290. The molecule has 0 spiro atoms. The highest BCUT2D eigenvalue weighted by molar-refractivity contribution is 5.94. The first-order valence-corrected chi connectivity index (χ1v) is 15.3. The Bertz CT molecular complexity index is 1510. The van der Waals surface area contributed by atoms with E-state index in [1.807, 2.05) is 23.2 Å². The largest absolute Gasteiger partial charge is 0.361 e. The maximum atomic E-state index is 14.0. The van der Waals surface area contributed by atoms with Crippen LogP contribution in [0.15, 0.2) is 72.9 Å². The topological polar surface area (TPSA) is 68.4 Å². The van der Waals surface area contributed by atoms with Crippen molar-refractivity contribution in [3.63, 3.8) is 0 Å². The number of hydrogen-bond acceptors (Lipinski definition) is 2. The molecule has 3 amide bonds. The highest BCUT2D eigenvalue weighted by Gasteiger charge is 2.35. The third-order valence-electron chi connectivity index (χ3n) is 8.33. The molecule has 4 aromatic rings. The Balaban J connectivity index is 1.36. The number of amides is 3. The Morgan fingerprint density at radius 2 is 1.57 bits per heavy atom. The van der Waals surface area contributed by atoms with Gasteiger partial charge in [-0.05, 0) is 66.3 Å². The second kappa shape index (κ2) is 12.8. The zero-order chi connectivity index (χ0) is 29.8. The molecule has 1 heterocycles. The number of benzene rings is 3. The van der Waals surface area contributed by atoms with Crippen LogP contribution in [0.1, 0.15) is 80.2 Å². The monoisotopic (exact) mass is 564 g/mol. The minimum Gasteiger partial charge on any atom is -0.361 e. The van der Waals surface area contributed by atoms with Gasteiger partial charge >= 0.3 is 6.03 Å². The van der Waals surface area contributed by atoms with Crippen LogP contribution in [-0.4, -0.2) is 45.9 Å². The fourth-order valence-corrected chi connectivity index (χ4v) is 5.67. The lowest BCUT2D eigenvalue weighted by atomic mass is 9.93. The number of H-pyrrole nitrogens is 1. The predicted octanol–water partition coefficient (Wildman–Crippen LogP) is 7.99. The average Bonchev–Trinajstić information content (AvgIpc) is 3.73. The Morgan fingerprint density at radius 3 is 2.21 bits per heavy atom. The van der Waals surface area contributed by atoms with E-state index in [1.54, 1.807) is 4.90 Å². The van der Waals surface area contributed by atoms with E-state index in [4.69, 9.17) is 0 Å². The van der Waals surface area contributed by atoms with Crippen molar-refractivity contribution < 1.29 is 9.59 Å². The van der Waals surface area contributed by atoms with Gasteiger partial charge in [0.1, 0.15) is 6.54 Å². The number of hydrogen-bond donors (Lipinski definition) is 2. The van der Waals surface area contributed by atoms with Gasteiger partial charge in [0.2, 0.25) is 5.91 Å². The van der Waals surface area contributed by atoms with Crippen LogP contribution in [0.5, 0.6) is 0 Å². The van der Waals surface area contributed by atoms with E-state index in [-0.39, 0.29) is 36.4 Å². The molecule has 0 radical (unpaired) electrons. The number of urea groups is 1. The Hall–Kier alpha value is -4.06. The number of rotatable bonds is 11. The SMILES string of the molecule is Cc1ccc(CN(CCc2c[nH]c3ccccc23)C(=O)CN(C(=O)Nc2c(C(C)C)cccc2C(C)C)C2CC2)cc1. The molecule has 1 aromatic heterocycles. The molecule has 0 atom stereocenters. The first kappa shape index (κ1) is 29.4. The van der Waals surface area contributed by atoms with Crippen molar-refractivity contribution in [1.29, 1.82) is 0 Å². The van der Waals surface area contributed by atoms with E-state index < -0.39 is 0 Å². The van der Waals surface area contributed by atoms with Crippen LogP contribution in [0.4, 0.5) is 10.5 Å². The molecule has 0 aliphatic heterocycles. The molecule has 0 saturated heterocycles. The summed E-state index contributed by atoms with van der Waals surface area (Å²) in [6, 6.07) is 22.8. The summed E-state index contributed by atoms with van der Waals surface area (Å²) in [5, 5.41) is 4.43. The standard InChI is InChI=1S/C36H44N4O2/c1-24(2)30-10-8-11-31(25(3)4)35(30)38-36(42)40(29-17-18-29)23-34(41)39(22-27-15-13-26(5)14-16-27)20-19-28-21-37-33-12-7-6-9-32(28)33/h6-16,21,24-25,29,37H,17-20,22-23H2,1-5H3,(H,38,42). The minimum atomic E-state index is -0.187. The van der Waals surface area contributed by atoms with Gasteiger partial charge in [-0.25, -0.2) is 4.79 Å². The van der Waals surface area contributed by atoms with Crippen LogP contribution in [-0.2, 0) is 17.8 Å². The fraction of sp³-hybridized carbons (Fsp3) is 0.389. The molecule has 1 aliphatic carbocycles. The molecule has 0 unspecified atom stereocenters. The summed E-state index contributed by atoms with van der Waals surface area (Å²) < 4.78 is 0. The van der Waals surface area contributed by atoms with Crippen molar-refractivity contribution in [3.8, 4) is 0 Å². The van der Waals surface area contributed by atoms with Crippen LogP contribution >= 0.6 is 0 Å². The molecule has 3 aromatic carbocycles. The van der Waals surface area contributed by atoms with Crippen molar-refractivity contribution >= 4 is 28.5 Å². The van der Waals surface area contributed by atoms with Gasteiger partial charge in [-0.15, -0.1) is 0 Å². The number of nitrogens with zero attached hydrogens (tertiary/aromatic N) is 2. The van der Waals surface area contributed by atoms with Gasteiger partial charge < -0.3 is 20.1 Å². The number of carbonyl (C=O) groups is 2. The third kappa shape index (κ3) is 6.87. The van der Waals surface area contributed by atoms with Gasteiger partial charge in [0.15, 0.2) is 0 Å². The maximum absolute atomic E-state index is 14.0. The first-order chi connectivity index (χ1) is 20.2. The molecular weight excluding hydrogens is 520 g/mol. The highest BCUT2D eigenvalue weighted by Crippen LogP contribution is 2.34. The zero-order valence-electron chi connectivity index (χ0n) is 25.6. The summed E-state index contributed by atoms with van der Waals surface area (Å²) in [7, 11) is 0. The molecule has 1 fully saturated rings. The van der Waals surface area contributed by atoms with Gasteiger partial charge in [0.25, 0.3) is 0 Å². The predicted molar refractivity (Wildman–Crippen MR) is 172 cm³/mol. The van der Waals surface area contributed by atoms with Crippen molar-refractivity contribution in [2.75, 3.05) is 18.4 Å². The number of aromatic nitrogens is 1. The van der Waals surface area contributed by atoms with Crippen LogP contribution in [0.2, 0.25) is 0 Å². The van der Waals surface area contributed by atoms with E-state index in [2.05, 4.69) is 99.5 Å². The van der Waals surface area contributed by atoms with Gasteiger partial charge in [-0.1, -0.05) is 93.9 Å². The molecule has 220 valence electrons. The molecule has 42 heavy (non-hydrogen) atoms. The lowest BCUT2D eigenvalue weighted by Crippen LogP contribution is -2.46. The summed E-state index contributed by atoms with van der Waals surface area (Å²) in [5.41, 5.74) is 7.70. The van der Waals surface area contributed by atoms with Gasteiger partial charge in [0, 0.05) is 41.9 Å². The summed E-state index contributed by atoms with van der Waals surface area (Å²) in [6.45, 7) is 11.8. The lowest BCUT2D eigenvalue weighted by Gasteiger charge is -2.29. The van der Waals surface area contributed by atoms with Crippen LogP contribution < -0.4 is 5.32 Å². The van der Waals surface area contributed by atoms with Gasteiger partial charge in [0.05, 0.1) is 0 Å². The molecule has 1 saturated carbocycles. The van der Waals surface area contributed by atoms with E-state index in [0.29, 0.717) is 13.1 Å². The summed E-state index contributed by atoms with van der Waals surface area (Å²) >= 11 is 0. The van der Waals surface area contributed by atoms with Crippen molar-refractivity contribution in [3.05, 3.63) is 101 Å². The molecule has 5 rings (SSSR count). The van der Waals surface area contributed by atoms with E-state index in [0.717, 1.165) is 47.2 Å². The second-order valence-electron chi connectivity index (χ2n) is 12.3. The highest BCUT2D eigenvalue weighted by atomic mass is 16.2. The van der Waals surface area contributed by atoms with Crippen molar-refractivity contribution in [1.82, 2.24) is 14.8 Å². The number of aryl methyl sites for hydroxylation is 1. The fourth-order valence-electron chi connectivity index (χ4n) is 5.67. The first-order valence-electron chi connectivity index (χ1n) is 15.3. The van der Waals surface area contributed by atoms with Crippen LogP contribution in [0, 0.1) is 6.92 Å². The second-order valence-corrected chi connectivity index (χ2v) is 12.3. The number of fused-ring (bicyclic) bond motifs is 1. The quantitative estimate of drug-likeness (QED) is 0.194. The van der Waals surface area contributed by atoms with E-state index in [1.165, 1.54) is 16.5 Å². The maximum Gasteiger partial charge on any atom is 0.322 e. The van der Waals surface area contributed by atoms with Gasteiger partial charge in [-0.3, -0.25) is 4.79 Å². The van der Waals surface area contributed by atoms with Crippen LogP contribution in [0.25, 0.3) is 10.9 Å². The molecule has 6 heteroatoms. The molecule has 0 bridgehead atoms. The van der Waals surface area contributed by atoms with Crippen LogP contribution in [0.3, 0.4) is 0 Å². The van der Waals surface area contributed by atoms with Crippen molar-refractivity contribution in [2.24, 2.45) is 0 Å². The smallest absolute Gasteiger partial charge is 0.322 e. The van der Waals surface area contributed by atoms with E-state index >= 15 is 0 Å². The molecule has 6 nitrogen and oxygen atoms in total.